The third-order valence-electron chi connectivity index (χ3n) is 4.68. The summed E-state index contributed by atoms with van der Waals surface area (Å²) in [6.45, 7) is 4.18. The van der Waals surface area contributed by atoms with Crippen LogP contribution in [0.1, 0.15) is 37.8 Å². The zero-order valence-electron chi connectivity index (χ0n) is 14.7. The van der Waals surface area contributed by atoms with Gasteiger partial charge in [0.15, 0.2) is 0 Å². The maximum Gasteiger partial charge on any atom is 0.230 e. The largest absolute Gasteiger partial charge is 0.351 e. The van der Waals surface area contributed by atoms with Crippen molar-refractivity contribution in [1.82, 2.24) is 5.32 Å². The van der Waals surface area contributed by atoms with E-state index >= 15 is 0 Å². The lowest BCUT2D eigenvalue weighted by atomic mass is 9.95. The molecule has 2 aromatic rings. The highest BCUT2D eigenvalue weighted by atomic mass is 16.2. The van der Waals surface area contributed by atoms with Gasteiger partial charge < -0.3 is 10.6 Å². The van der Waals surface area contributed by atoms with Crippen LogP contribution < -0.4 is 10.6 Å². The average molecular weight is 336 g/mol. The van der Waals surface area contributed by atoms with Gasteiger partial charge in [-0.25, -0.2) is 0 Å². The van der Waals surface area contributed by atoms with Gasteiger partial charge in [-0.3, -0.25) is 9.59 Å². The van der Waals surface area contributed by atoms with Crippen molar-refractivity contribution in [2.24, 2.45) is 5.92 Å². The lowest BCUT2D eigenvalue weighted by Crippen LogP contribution is -2.34. The fraction of sp³-hybridized carbons (Fsp3) is 0.333. The highest BCUT2D eigenvalue weighted by Crippen LogP contribution is 2.48. The first kappa shape index (κ1) is 17.2. The third-order valence-corrected chi connectivity index (χ3v) is 4.68. The quantitative estimate of drug-likeness (QED) is 0.846. The molecule has 1 aliphatic rings. The van der Waals surface area contributed by atoms with Crippen molar-refractivity contribution in [2.75, 3.05) is 5.32 Å². The standard InChI is InChI=1S/C21H24N2O2/c1-15(2)19(24)23-18-10-6-7-16(13-18)14-22-20(25)21(11-12-21)17-8-4-3-5-9-17/h3-10,13,15H,11-12,14H2,1-2H3,(H,22,25)(H,23,24). The van der Waals surface area contributed by atoms with Crippen LogP contribution in [0.3, 0.4) is 0 Å². The Kier molecular flexibility index (Phi) is 4.88. The maximum absolute atomic E-state index is 12.7. The summed E-state index contributed by atoms with van der Waals surface area (Å²) >= 11 is 0. The SMILES string of the molecule is CC(C)C(=O)Nc1cccc(CNC(=O)C2(c3ccccc3)CC2)c1. The monoisotopic (exact) mass is 336 g/mol. The van der Waals surface area contributed by atoms with Crippen molar-refractivity contribution in [3.8, 4) is 0 Å². The molecule has 0 unspecified atom stereocenters. The number of anilines is 1. The predicted octanol–water partition coefficient (Wildman–Crippen LogP) is 3.63. The fourth-order valence-electron chi connectivity index (χ4n) is 2.93. The molecule has 1 saturated carbocycles. The molecule has 4 heteroatoms. The Hall–Kier alpha value is -2.62. The molecule has 0 aliphatic heterocycles. The van der Waals surface area contributed by atoms with Crippen molar-refractivity contribution in [3.05, 3.63) is 65.7 Å². The van der Waals surface area contributed by atoms with Crippen molar-refractivity contribution < 1.29 is 9.59 Å². The average Bonchev–Trinajstić information content (AvgIpc) is 3.43. The van der Waals surface area contributed by atoms with E-state index in [0.29, 0.717) is 6.54 Å². The highest BCUT2D eigenvalue weighted by Gasteiger charge is 2.50. The molecule has 0 bridgehead atoms. The summed E-state index contributed by atoms with van der Waals surface area (Å²) in [5.41, 5.74) is 2.46. The van der Waals surface area contributed by atoms with Gasteiger partial charge in [-0.2, -0.15) is 0 Å². The topological polar surface area (TPSA) is 58.2 Å². The van der Waals surface area contributed by atoms with Crippen LogP contribution in [-0.2, 0) is 21.5 Å². The zero-order chi connectivity index (χ0) is 17.9. The second-order valence-corrected chi connectivity index (χ2v) is 6.98. The normalized spacial score (nSPS) is 14.8. The van der Waals surface area contributed by atoms with Gasteiger partial charge in [0.1, 0.15) is 0 Å². The van der Waals surface area contributed by atoms with Gasteiger partial charge in [0.25, 0.3) is 0 Å². The van der Waals surface area contributed by atoms with Crippen molar-refractivity contribution in [1.29, 1.82) is 0 Å². The van der Waals surface area contributed by atoms with Gasteiger partial charge in [0.2, 0.25) is 11.8 Å². The molecule has 130 valence electrons. The van der Waals surface area contributed by atoms with Gasteiger partial charge in [-0.05, 0) is 36.1 Å². The molecule has 0 radical (unpaired) electrons. The highest BCUT2D eigenvalue weighted by molar-refractivity contribution is 5.92. The number of rotatable bonds is 6. The molecule has 3 rings (SSSR count). The Morgan fingerprint density at radius 2 is 1.76 bits per heavy atom. The molecule has 1 fully saturated rings. The fourth-order valence-corrected chi connectivity index (χ4v) is 2.93. The van der Waals surface area contributed by atoms with E-state index in [1.165, 1.54) is 0 Å². The molecule has 2 N–H and O–H groups in total. The molecule has 0 atom stereocenters. The minimum absolute atomic E-state index is 0.0119. The Morgan fingerprint density at radius 3 is 2.40 bits per heavy atom. The van der Waals surface area contributed by atoms with E-state index in [1.807, 2.05) is 68.4 Å². The molecule has 0 saturated heterocycles. The number of benzene rings is 2. The van der Waals surface area contributed by atoms with Crippen LogP contribution in [0, 0.1) is 5.92 Å². The summed E-state index contributed by atoms with van der Waals surface area (Å²) in [5, 5.41) is 5.94. The number of carbonyl (C=O) groups is 2. The molecule has 0 aromatic heterocycles. The van der Waals surface area contributed by atoms with E-state index in [-0.39, 0.29) is 23.1 Å². The summed E-state index contributed by atoms with van der Waals surface area (Å²) in [5.74, 6) is 0.00136. The van der Waals surface area contributed by atoms with Gasteiger partial charge in [-0.1, -0.05) is 56.3 Å². The molecule has 0 spiro atoms. The van der Waals surface area contributed by atoms with Crippen molar-refractivity contribution in [3.63, 3.8) is 0 Å². The minimum Gasteiger partial charge on any atom is -0.351 e. The van der Waals surface area contributed by atoms with Crippen LogP contribution in [-0.4, -0.2) is 11.8 Å². The molecule has 4 nitrogen and oxygen atoms in total. The molecular weight excluding hydrogens is 312 g/mol. The van der Waals surface area contributed by atoms with Crippen LogP contribution in [0.15, 0.2) is 54.6 Å². The number of hydrogen-bond donors (Lipinski definition) is 2. The van der Waals surface area contributed by atoms with Gasteiger partial charge >= 0.3 is 0 Å². The summed E-state index contributed by atoms with van der Waals surface area (Å²) in [6, 6.07) is 17.6. The van der Waals surface area contributed by atoms with E-state index in [2.05, 4.69) is 10.6 Å². The van der Waals surface area contributed by atoms with E-state index in [1.54, 1.807) is 0 Å². The van der Waals surface area contributed by atoms with Crippen LogP contribution in [0.2, 0.25) is 0 Å². The summed E-state index contributed by atoms with van der Waals surface area (Å²) in [4.78, 5) is 24.5. The number of amides is 2. The minimum atomic E-state index is -0.356. The number of carbonyl (C=O) groups excluding carboxylic acids is 2. The van der Waals surface area contributed by atoms with Crippen LogP contribution in [0.5, 0.6) is 0 Å². The lowest BCUT2D eigenvalue weighted by molar-refractivity contribution is -0.123. The third kappa shape index (κ3) is 3.90. The smallest absolute Gasteiger partial charge is 0.230 e. The molecular formula is C21H24N2O2. The van der Waals surface area contributed by atoms with Gasteiger partial charge in [-0.15, -0.1) is 0 Å². The van der Waals surface area contributed by atoms with Gasteiger partial charge in [0, 0.05) is 18.2 Å². The first-order valence-electron chi connectivity index (χ1n) is 8.75. The molecule has 2 amide bonds. The maximum atomic E-state index is 12.7. The number of nitrogens with one attached hydrogen (secondary N) is 2. The van der Waals surface area contributed by atoms with Crippen LogP contribution in [0.4, 0.5) is 5.69 Å². The van der Waals surface area contributed by atoms with E-state index < -0.39 is 0 Å². The summed E-state index contributed by atoms with van der Waals surface area (Å²) < 4.78 is 0. The van der Waals surface area contributed by atoms with E-state index in [4.69, 9.17) is 0 Å². The first-order valence-corrected chi connectivity index (χ1v) is 8.75. The second-order valence-electron chi connectivity index (χ2n) is 6.98. The summed E-state index contributed by atoms with van der Waals surface area (Å²) in [7, 11) is 0. The molecule has 1 aliphatic carbocycles. The predicted molar refractivity (Wildman–Crippen MR) is 99.1 cm³/mol. The van der Waals surface area contributed by atoms with Crippen LogP contribution in [0.25, 0.3) is 0 Å². The Morgan fingerprint density at radius 1 is 1.04 bits per heavy atom. The van der Waals surface area contributed by atoms with E-state index in [9.17, 15) is 9.59 Å². The number of hydrogen-bond acceptors (Lipinski definition) is 2. The molecule has 0 heterocycles. The molecule has 2 aromatic carbocycles. The van der Waals surface area contributed by atoms with Crippen molar-refractivity contribution in [2.45, 2.75) is 38.6 Å². The van der Waals surface area contributed by atoms with Gasteiger partial charge in [0.05, 0.1) is 5.41 Å². The second kappa shape index (κ2) is 7.09. The first-order chi connectivity index (χ1) is 12.0. The zero-order valence-corrected chi connectivity index (χ0v) is 14.7. The van der Waals surface area contributed by atoms with E-state index in [0.717, 1.165) is 29.7 Å². The Bertz CT molecular complexity index is 764. The Labute approximate surface area is 148 Å². The van der Waals surface area contributed by atoms with Crippen LogP contribution >= 0.6 is 0 Å². The lowest BCUT2D eigenvalue weighted by Gasteiger charge is -2.16. The Balaban J connectivity index is 1.62. The summed E-state index contributed by atoms with van der Waals surface area (Å²) in [6.07, 6.45) is 1.79. The molecule has 25 heavy (non-hydrogen) atoms. The van der Waals surface area contributed by atoms with Crippen molar-refractivity contribution >= 4 is 17.5 Å².